The first kappa shape index (κ1) is 13.7. The van der Waals surface area contributed by atoms with Gasteiger partial charge in [0.15, 0.2) is 0 Å². The molecule has 1 aliphatic rings. The Bertz CT molecular complexity index is 434. The van der Waals surface area contributed by atoms with Crippen LogP contribution < -0.4 is 15.0 Å². The summed E-state index contributed by atoms with van der Waals surface area (Å²) < 4.78 is 5.24. The maximum Gasteiger partial charge on any atom is 0.220 e. The van der Waals surface area contributed by atoms with Gasteiger partial charge in [0, 0.05) is 37.3 Å². The molecular weight excluding hydrogens is 240 g/mol. The molecule has 0 spiro atoms. The summed E-state index contributed by atoms with van der Waals surface area (Å²) in [5, 5.41) is 3.10. The number of methoxy groups -OCH3 is 1. The summed E-state index contributed by atoms with van der Waals surface area (Å²) in [5.74, 6) is 1.04. The Balaban J connectivity index is 1.92. The summed E-state index contributed by atoms with van der Waals surface area (Å²) in [4.78, 5) is 13.9. The molecule has 1 amide bonds. The van der Waals surface area contributed by atoms with Gasteiger partial charge in [0.05, 0.1) is 7.11 Å². The zero-order chi connectivity index (χ0) is 13.7. The predicted molar refractivity (Wildman–Crippen MR) is 76.7 cm³/mol. The van der Waals surface area contributed by atoms with Crippen molar-refractivity contribution in [1.82, 2.24) is 5.32 Å². The van der Waals surface area contributed by atoms with E-state index in [9.17, 15) is 4.79 Å². The van der Waals surface area contributed by atoms with Crippen LogP contribution in [0.5, 0.6) is 5.75 Å². The van der Waals surface area contributed by atoms with Gasteiger partial charge in [-0.3, -0.25) is 4.79 Å². The minimum atomic E-state index is 0.167. The number of carbonyl (C=O) groups excluding carboxylic acids is 1. The van der Waals surface area contributed by atoms with Crippen LogP contribution >= 0.6 is 0 Å². The van der Waals surface area contributed by atoms with Gasteiger partial charge in [0.1, 0.15) is 5.75 Å². The number of hydrogen-bond acceptors (Lipinski definition) is 3. The van der Waals surface area contributed by atoms with Gasteiger partial charge in [-0.1, -0.05) is 13.0 Å². The van der Waals surface area contributed by atoms with Gasteiger partial charge in [0.2, 0.25) is 5.91 Å². The van der Waals surface area contributed by atoms with Crippen molar-refractivity contribution in [2.24, 2.45) is 0 Å². The topological polar surface area (TPSA) is 41.6 Å². The first-order chi connectivity index (χ1) is 9.22. The number of carbonyl (C=O) groups is 1. The Morgan fingerprint density at radius 1 is 1.53 bits per heavy atom. The lowest BCUT2D eigenvalue weighted by molar-refractivity contribution is -0.121. The highest BCUT2D eigenvalue weighted by Crippen LogP contribution is 2.24. The average Bonchev–Trinajstić information content (AvgIpc) is 2.87. The molecule has 0 bridgehead atoms. The first-order valence-electron chi connectivity index (χ1n) is 6.91. The lowest BCUT2D eigenvalue weighted by Crippen LogP contribution is -2.36. The Hall–Kier alpha value is -1.71. The molecule has 1 heterocycles. The van der Waals surface area contributed by atoms with Crippen molar-refractivity contribution in [3.63, 3.8) is 0 Å². The van der Waals surface area contributed by atoms with Crippen LogP contribution in [0.4, 0.5) is 5.69 Å². The van der Waals surface area contributed by atoms with Crippen LogP contribution in [-0.2, 0) is 4.79 Å². The van der Waals surface area contributed by atoms with E-state index in [4.69, 9.17) is 4.74 Å². The third-order valence-corrected chi connectivity index (χ3v) is 3.45. The fourth-order valence-electron chi connectivity index (χ4n) is 2.45. The van der Waals surface area contributed by atoms with Crippen molar-refractivity contribution in [1.29, 1.82) is 0 Å². The van der Waals surface area contributed by atoms with E-state index in [-0.39, 0.29) is 11.9 Å². The molecule has 1 aromatic rings. The van der Waals surface area contributed by atoms with Crippen LogP contribution in [0.3, 0.4) is 0 Å². The lowest BCUT2D eigenvalue weighted by Gasteiger charge is -2.19. The second kappa shape index (κ2) is 6.45. The SMILES string of the molecule is CCCC(=O)NC1CCN(c2cccc(OC)c2)C1. The summed E-state index contributed by atoms with van der Waals surface area (Å²) in [6, 6.07) is 8.33. The molecule has 0 aliphatic carbocycles. The Morgan fingerprint density at radius 3 is 3.11 bits per heavy atom. The zero-order valence-corrected chi connectivity index (χ0v) is 11.7. The number of benzene rings is 1. The van der Waals surface area contributed by atoms with E-state index >= 15 is 0 Å². The molecule has 104 valence electrons. The molecule has 19 heavy (non-hydrogen) atoms. The van der Waals surface area contributed by atoms with E-state index in [0.29, 0.717) is 6.42 Å². The maximum atomic E-state index is 11.6. The van der Waals surface area contributed by atoms with Crippen molar-refractivity contribution in [3.05, 3.63) is 24.3 Å². The van der Waals surface area contributed by atoms with Gasteiger partial charge in [-0.2, -0.15) is 0 Å². The largest absolute Gasteiger partial charge is 0.497 e. The second-order valence-electron chi connectivity index (χ2n) is 4.95. The molecule has 1 N–H and O–H groups in total. The van der Waals surface area contributed by atoms with Crippen LogP contribution in [-0.4, -0.2) is 32.1 Å². The summed E-state index contributed by atoms with van der Waals surface area (Å²) in [6.07, 6.45) is 2.53. The minimum absolute atomic E-state index is 0.167. The monoisotopic (exact) mass is 262 g/mol. The third-order valence-electron chi connectivity index (χ3n) is 3.45. The smallest absolute Gasteiger partial charge is 0.220 e. The molecule has 4 heteroatoms. The highest BCUT2D eigenvalue weighted by atomic mass is 16.5. The van der Waals surface area contributed by atoms with Gasteiger partial charge >= 0.3 is 0 Å². The van der Waals surface area contributed by atoms with Gasteiger partial charge in [-0.25, -0.2) is 0 Å². The average molecular weight is 262 g/mol. The van der Waals surface area contributed by atoms with Crippen LogP contribution in [0.15, 0.2) is 24.3 Å². The molecule has 1 aromatic carbocycles. The number of amides is 1. The molecule has 4 nitrogen and oxygen atoms in total. The van der Waals surface area contributed by atoms with Crippen molar-refractivity contribution in [2.45, 2.75) is 32.2 Å². The lowest BCUT2D eigenvalue weighted by atomic mass is 10.2. The van der Waals surface area contributed by atoms with E-state index in [1.807, 2.05) is 25.1 Å². The van der Waals surface area contributed by atoms with Crippen LogP contribution in [0.1, 0.15) is 26.2 Å². The second-order valence-corrected chi connectivity index (χ2v) is 4.95. The molecule has 0 aromatic heterocycles. The Labute approximate surface area is 114 Å². The molecule has 1 fully saturated rings. The molecule has 0 radical (unpaired) electrons. The van der Waals surface area contributed by atoms with E-state index in [1.54, 1.807) is 7.11 Å². The van der Waals surface area contributed by atoms with Gasteiger partial charge in [-0.15, -0.1) is 0 Å². The standard InChI is InChI=1S/C15H22N2O2/c1-3-5-15(18)16-12-8-9-17(11-12)13-6-4-7-14(10-13)19-2/h4,6-7,10,12H,3,5,8-9,11H2,1-2H3,(H,16,18). The van der Waals surface area contributed by atoms with E-state index in [1.165, 1.54) is 0 Å². The molecule has 1 unspecified atom stereocenters. The van der Waals surface area contributed by atoms with E-state index in [0.717, 1.165) is 37.4 Å². The predicted octanol–water partition coefficient (Wildman–Crippen LogP) is 2.19. The Morgan fingerprint density at radius 2 is 2.37 bits per heavy atom. The molecule has 2 rings (SSSR count). The van der Waals surface area contributed by atoms with Crippen molar-refractivity contribution in [2.75, 3.05) is 25.1 Å². The van der Waals surface area contributed by atoms with Crippen molar-refractivity contribution < 1.29 is 9.53 Å². The van der Waals surface area contributed by atoms with Crippen LogP contribution in [0.25, 0.3) is 0 Å². The molecule has 1 atom stereocenters. The highest BCUT2D eigenvalue weighted by molar-refractivity contribution is 5.76. The highest BCUT2D eigenvalue weighted by Gasteiger charge is 2.23. The van der Waals surface area contributed by atoms with Crippen molar-refractivity contribution in [3.8, 4) is 5.75 Å². The number of rotatable bonds is 5. The summed E-state index contributed by atoms with van der Waals surface area (Å²) in [6.45, 7) is 3.88. The van der Waals surface area contributed by atoms with E-state index < -0.39 is 0 Å². The first-order valence-corrected chi connectivity index (χ1v) is 6.91. The summed E-state index contributed by atoms with van der Waals surface area (Å²) >= 11 is 0. The maximum absolute atomic E-state index is 11.6. The van der Waals surface area contributed by atoms with Crippen molar-refractivity contribution >= 4 is 11.6 Å². The fourth-order valence-corrected chi connectivity index (χ4v) is 2.45. The quantitative estimate of drug-likeness (QED) is 0.884. The third kappa shape index (κ3) is 3.63. The molecule has 1 saturated heterocycles. The van der Waals surface area contributed by atoms with Crippen LogP contribution in [0, 0.1) is 0 Å². The number of nitrogens with zero attached hydrogens (tertiary/aromatic N) is 1. The molecule has 1 aliphatic heterocycles. The van der Waals surface area contributed by atoms with Gasteiger partial charge in [-0.05, 0) is 25.0 Å². The summed E-state index contributed by atoms with van der Waals surface area (Å²) in [5.41, 5.74) is 1.16. The normalized spacial score (nSPS) is 18.4. The fraction of sp³-hybridized carbons (Fsp3) is 0.533. The number of hydrogen-bond donors (Lipinski definition) is 1. The van der Waals surface area contributed by atoms with Gasteiger partial charge in [0.25, 0.3) is 0 Å². The minimum Gasteiger partial charge on any atom is -0.497 e. The van der Waals surface area contributed by atoms with Gasteiger partial charge < -0.3 is 15.0 Å². The summed E-state index contributed by atoms with van der Waals surface area (Å²) in [7, 11) is 1.68. The van der Waals surface area contributed by atoms with E-state index in [2.05, 4.69) is 16.3 Å². The Kier molecular flexibility index (Phi) is 4.66. The zero-order valence-electron chi connectivity index (χ0n) is 11.7. The van der Waals surface area contributed by atoms with Crippen LogP contribution in [0.2, 0.25) is 0 Å². The number of ether oxygens (including phenoxy) is 1. The molecular formula is C15H22N2O2. The number of nitrogens with one attached hydrogen (secondary N) is 1. The number of anilines is 1. The molecule has 0 saturated carbocycles.